The van der Waals surface area contributed by atoms with Gasteiger partial charge >= 0.3 is 5.69 Å². The molecule has 1 N–H and O–H groups in total. The molecule has 0 unspecified atom stereocenters. The van der Waals surface area contributed by atoms with E-state index in [1.54, 1.807) is 25.1 Å². The molecule has 100 valence electrons. The van der Waals surface area contributed by atoms with Crippen LogP contribution in [0, 0.1) is 10.1 Å². The highest BCUT2D eigenvalue weighted by Gasteiger charge is 2.22. The molecule has 0 saturated heterocycles. The number of anilines is 1. The van der Waals surface area contributed by atoms with Crippen LogP contribution >= 0.6 is 0 Å². The average molecular weight is 253 g/mol. The first-order valence-corrected chi connectivity index (χ1v) is 5.87. The molecule has 6 nitrogen and oxygen atoms in total. The molecular weight excluding hydrogens is 234 g/mol. The number of likely N-dealkylation sites (N-methyl/N-ethyl adjacent to an activating group) is 2. The lowest BCUT2D eigenvalue weighted by molar-refractivity contribution is -0.385. The summed E-state index contributed by atoms with van der Waals surface area (Å²) in [6.07, 6.45) is 0. The summed E-state index contributed by atoms with van der Waals surface area (Å²) in [5, 5.41) is 14.2. The molecule has 0 saturated carbocycles. The molecule has 0 amide bonds. The standard InChI is InChI=1S/C12H19N3O3/c1-4-18-11-7-5-6-10(12(11)15(16)17)14(3)9-8-13-2/h5-7,13H,4,8-9H2,1-3H3. The molecule has 0 bridgehead atoms. The van der Waals surface area contributed by atoms with E-state index < -0.39 is 4.92 Å². The molecule has 0 aromatic heterocycles. The van der Waals surface area contributed by atoms with Crippen molar-refractivity contribution in [2.75, 3.05) is 38.7 Å². The molecule has 18 heavy (non-hydrogen) atoms. The van der Waals surface area contributed by atoms with Gasteiger partial charge in [0.2, 0.25) is 0 Å². The van der Waals surface area contributed by atoms with Crippen LogP contribution in [0.1, 0.15) is 6.92 Å². The lowest BCUT2D eigenvalue weighted by Crippen LogP contribution is -2.27. The van der Waals surface area contributed by atoms with Crippen molar-refractivity contribution in [3.8, 4) is 5.75 Å². The van der Waals surface area contributed by atoms with Crippen LogP contribution in [0.25, 0.3) is 0 Å². The third-order valence-corrected chi connectivity index (χ3v) is 2.57. The lowest BCUT2D eigenvalue weighted by Gasteiger charge is -2.19. The molecule has 0 heterocycles. The van der Waals surface area contributed by atoms with E-state index >= 15 is 0 Å². The minimum atomic E-state index is -0.393. The van der Waals surface area contributed by atoms with E-state index in [0.29, 0.717) is 24.6 Å². The van der Waals surface area contributed by atoms with Gasteiger partial charge in [0, 0.05) is 20.1 Å². The highest BCUT2D eigenvalue weighted by molar-refractivity contribution is 5.69. The highest BCUT2D eigenvalue weighted by atomic mass is 16.6. The number of ether oxygens (including phenoxy) is 1. The van der Waals surface area contributed by atoms with Crippen molar-refractivity contribution in [3.63, 3.8) is 0 Å². The molecule has 0 aliphatic heterocycles. The Morgan fingerprint density at radius 2 is 2.22 bits per heavy atom. The molecule has 0 fully saturated rings. The summed E-state index contributed by atoms with van der Waals surface area (Å²) in [5.41, 5.74) is 0.596. The van der Waals surface area contributed by atoms with Gasteiger partial charge in [-0.05, 0) is 26.1 Å². The minimum Gasteiger partial charge on any atom is -0.487 e. The Morgan fingerprint density at radius 1 is 1.50 bits per heavy atom. The van der Waals surface area contributed by atoms with E-state index in [9.17, 15) is 10.1 Å². The van der Waals surface area contributed by atoms with Crippen molar-refractivity contribution >= 4 is 11.4 Å². The summed E-state index contributed by atoms with van der Waals surface area (Å²) in [6, 6.07) is 5.12. The molecule has 1 aromatic carbocycles. The Balaban J connectivity index is 3.09. The quantitative estimate of drug-likeness (QED) is 0.591. The first kappa shape index (κ1) is 14.2. The van der Waals surface area contributed by atoms with E-state index in [1.807, 2.05) is 19.0 Å². The van der Waals surface area contributed by atoms with Gasteiger partial charge in [0.05, 0.1) is 11.5 Å². The predicted molar refractivity (Wildman–Crippen MR) is 71.5 cm³/mol. The zero-order chi connectivity index (χ0) is 13.5. The van der Waals surface area contributed by atoms with Crippen LogP contribution in [-0.2, 0) is 0 Å². The van der Waals surface area contributed by atoms with Gasteiger partial charge in [0.25, 0.3) is 0 Å². The molecular formula is C12H19N3O3. The van der Waals surface area contributed by atoms with Crippen molar-refractivity contribution in [1.82, 2.24) is 5.32 Å². The maximum absolute atomic E-state index is 11.2. The van der Waals surface area contributed by atoms with Gasteiger partial charge in [-0.25, -0.2) is 0 Å². The van der Waals surface area contributed by atoms with Gasteiger partial charge in [0.15, 0.2) is 5.75 Å². The SMILES string of the molecule is CCOc1cccc(N(C)CCNC)c1[N+](=O)[O-]. The molecule has 0 atom stereocenters. The topological polar surface area (TPSA) is 67.6 Å². The molecule has 0 aliphatic rings. The van der Waals surface area contributed by atoms with E-state index in [2.05, 4.69) is 5.32 Å². The number of nitro benzene ring substituents is 1. The van der Waals surface area contributed by atoms with Gasteiger partial charge in [0.1, 0.15) is 5.69 Å². The largest absolute Gasteiger partial charge is 0.487 e. The van der Waals surface area contributed by atoms with Crippen molar-refractivity contribution in [3.05, 3.63) is 28.3 Å². The van der Waals surface area contributed by atoms with Gasteiger partial charge in [-0.2, -0.15) is 0 Å². The average Bonchev–Trinajstić information content (AvgIpc) is 2.35. The number of hydrogen-bond donors (Lipinski definition) is 1. The first-order valence-electron chi connectivity index (χ1n) is 5.87. The number of nitrogens with one attached hydrogen (secondary N) is 1. The molecule has 1 aromatic rings. The Morgan fingerprint density at radius 3 is 2.78 bits per heavy atom. The van der Waals surface area contributed by atoms with E-state index in [-0.39, 0.29) is 5.69 Å². The summed E-state index contributed by atoms with van der Waals surface area (Å²) in [5.74, 6) is 0.316. The van der Waals surface area contributed by atoms with Crippen LogP contribution in [-0.4, -0.2) is 38.7 Å². The number of para-hydroxylation sites is 1. The second-order valence-corrected chi connectivity index (χ2v) is 3.84. The van der Waals surface area contributed by atoms with Crippen LogP contribution in [0.4, 0.5) is 11.4 Å². The Kier molecular flexibility index (Phi) is 5.38. The number of nitro groups is 1. The van der Waals surface area contributed by atoms with Crippen molar-refractivity contribution in [1.29, 1.82) is 0 Å². The third kappa shape index (κ3) is 3.33. The summed E-state index contributed by atoms with van der Waals surface area (Å²) >= 11 is 0. The van der Waals surface area contributed by atoms with E-state index in [1.165, 1.54) is 0 Å². The fourth-order valence-corrected chi connectivity index (χ4v) is 1.67. The monoisotopic (exact) mass is 253 g/mol. The van der Waals surface area contributed by atoms with E-state index in [4.69, 9.17) is 4.74 Å². The Labute approximate surface area is 107 Å². The molecule has 1 rings (SSSR count). The van der Waals surface area contributed by atoms with Crippen molar-refractivity contribution in [2.45, 2.75) is 6.92 Å². The van der Waals surface area contributed by atoms with Crippen LogP contribution in [0.15, 0.2) is 18.2 Å². The maximum Gasteiger partial charge on any atom is 0.333 e. The van der Waals surface area contributed by atoms with Crippen LogP contribution in [0.5, 0.6) is 5.75 Å². The predicted octanol–water partition coefficient (Wildman–Crippen LogP) is 1.65. The second kappa shape index (κ2) is 6.80. The first-order chi connectivity index (χ1) is 8.61. The van der Waals surface area contributed by atoms with Crippen molar-refractivity contribution < 1.29 is 9.66 Å². The van der Waals surface area contributed by atoms with Crippen LogP contribution in [0.2, 0.25) is 0 Å². The third-order valence-electron chi connectivity index (χ3n) is 2.57. The zero-order valence-corrected chi connectivity index (χ0v) is 11.0. The van der Waals surface area contributed by atoms with Gasteiger partial charge in [-0.1, -0.05) is 6.07 Å². The van der Waals surface area contributed by atoms with Crippen LogP contribution in [0.3, 0.4) is 0 Å². The second-order valence-electron chi connectivity index (χ2n) is 3.84. The molecule has 0 aliphatic carbocycles. The summed E-state index contributed by atoms with van der Waals surface area (Å²) < 4.78 is 5.31. The zero-order valence-electron chi connectivity index (χ0n) is 11.0. The number of rotatable bonds is 7. The fourth-order valence-electron chi connectivity index (χ4n) is 1.67. The Bertz CT molecular complexity index is 410. The Hall–Kier alpha value is -1.82. The summed E-state index contributed by atoms with van der Waals surface area (Å²) in [7, 11) is 3.67. The number of benzene rings is 1. The normalized spacial score (nSPS) is 10.2. The van der Waals surface area contributed by atoms with E-state index in [0.717, 1.165) is 6.54 Å². The van der Waals surface area contributed by atoms with Gasteiger partial charge in [-0.3, -0.25) is 10.1 Å². The van der Waals surface area contributed by atoms with Gasteiger partial charge < -0.3 is 15.0 Å². The minimum absolute atomic E-state index is 0.0259. The number of hydrogen-bond acceptors (Lipinski definition) is 5. The summed E-state index contributed by atoms with van der Waals surface area (Å²) in [4.78, 5) is 12.6. The van der Waals surface area contributed by atoms with Crippen molar-refractivity contribution in [2.24, 2.45) is 0 Å². The smallest absolute Gasteiger partial charge is 0.333 e. The molecule has 0 radical (unpaired) electrons. The number of nitrogens with zero attached hydrogens (tertiary/aromatic N) is 2. The summed E-state index contributed by atoms with van der Waals surface area (Å²) in [6.45, 7) is 3.66. The highest BCUT2D eigenvalue weighted by Crippen LogP contribution is 2.36. The van der Waals surface area contributed by atoms with Gasteiger partial charge in [-0.15, -0.1) is 0 Å². The fraction of sp³-hybridized carbons (Fsp3) is 0.500. The molecule has 0 spiro atoms. The van der Waals surface area contributed by atoms with Crippen LogP contribution < -0.4 is 15.0 Å². The molecule has 6 heteroatoms. The maximum atomic E-state index is 11.2. The lowest BCUT2D eigenvalue weighted by atomic mass is 10.2.